The predicted octanol–water partition coefficient (Wildman–Crippen LogP) is 3.47. The number of methoxy groups -OCH3 is 1. The number of carbonyl (C=O) groups is 2. The average molecular weight is 536 g/mol. The van der Waals surface area contributed by atoms with Gasteiger partial charge in [0.15, 0.2) is 0 Å². The van der Waals surface area contributed by atoms with Gasteiger partial charge < -0.3 is 20.1 Å². The first-order valence-electron chi connectivity index (χ1n) is 12.2. The van der Waals surface area contributed by atoms with Crippen LogP contribution in [-0.4, -0.2) is 75.2 Å². The molecule has 11 nitrogen and oxygen atoms in total. The molecule has 12 heteroatoms. The molecule has 0 aromatic carbocycles. The second kappa shape index (κ2) is 10.9. The second-order valence-electron chi connectivity index (χ2n) is 9.28. The van der Waals surface area contributed by atoms with E-state index in [1.807, 2.05) is 32.2 Å². The van der Waals surface area contributed by atoms with Crippen LogP contribution in [0.3, 0.4) is 0 Å². The topological polar surface area (TPSA) is 123 Å². The molecule has 4 aromatic heterocycles. The molecule has 0 aliphatic carbocycles. The summed E-state index contributed by atoms with van der Waals surface area (Å²) in [5.74, 6) is 0.0389. The van der Waals surface area contributed by atoms with Crippen LogP contribution < -0.4 is 15.4 Å². The molecule has 2 unspecified atom stereocenters. The summed E-state index contributed by atoms with van der Waals surface area (Å²) in [4.78, 5) is 38.3. The minimum Gasteiger partial charge on any atom is -0.481 e. The third-order valence-electron chi connectivity index (χ3n) is 6.11. The lowest BCUT2D eigenvalue weighted by Crippen LogP contribution is -2.48. The Morgan fingerprint density at radius 3 is 2.74 bits per heavy atom. The molecule has 4 aromatic rings. The molecule has 0 saturated carbocycles. The quantitative estimate of drug-likeness (QED) is 0.369. The highest BCUT2D eigenvalue weighted by Gasteiger charge is 2.24. The number of nitrogens with zero attached hydrogens (tertiary/aromatic N) is 5. The Bertz CT molecular complexity index is 1470. The Labute approximate surface area is 223 Å². The fraction of sp³-hybridized carbons (Fsp3) is 0.346. The normalized spacial score (nSPS) is 17.9. The fourth-order valence-electron chi connectivity index (χ4n) is 4.46. The first-order chi connectivity index (χ1) is 18.3. The molecule has 2 atom stereocenters. The molecule has 1 aliphatic rings. The first kappa shape index (κ1) is 25.8. The van der Waals surface area contributed by atoms with E-state index in [0.717, 1.165) is 10.6 Å². The number of hydrogen-bond acceptors (Lipinski definition) is 9. The number of ether oxygens (including phenoxy) is 2. The highest BCUT2D eigenvalue weighted by atomic mass is 32.1. The van der Waals surface area contributed by atoms with Crippen LogP contribution in [-0.2, 0) is 9.53 Å². The minimum absolute atomic E-state index is 0.0796. The van der Waals surface area contributed by atoms with Crippen molar-refractivity contribution in [3.8, 4) is 16.5 Å². The number of carbonyl (C=O) groups excluding carboxylic acids is 2. The summed E-state index contributed by atoms with van der Waals surface area (Å²) in [6.45, 7) is 7.45. The summed E-state index contributed by atoms with van der Waals surface area (Å²) >= 11 is 1.41. The molecule has 2 amide bonds. The Morgan fingerprint density at radius 2 is 1.97 bits per heavy atom. The first-order valence-corrected chi connectivity index (χ1v) is 13.0. The minimum atomic E-state index is -0.323. The number of aryl methyl sites for hydroxylation is 1. The number of amides is 2. The Balaban J connectivity index is 1.29. The Hall–Kier alpha value is -3.87. The van der Waals surface area contributed by atoms with Crippen LogP contribution in [0.1, 0.15) is 29.9 Å². The van der Waals surface area contributed by atoms with Crippen molar-refractivity contribution in [2.75, 3.05) is 37.4 Å². The maximum atomic E-state index is 13.2. The van der Waals surface area contributed by atoms with Crippen LogP contribution in [0.2, 0.25) is 0 Å². The van der Waals surface area contributed by atoms with E-state index in [1.54, 1.807) is 36.9 Å². The van der Waals surface area contributed by atoms with Crippen molar-refractivity contribution in [3.63, 3.8) is 0 Å². The van der Waals surface area contributed by atoms with Crippen LogP contribution in [0.5, 0.6) is 5.88 Å². The molecule has 38 heavy (non-hydrogen) atoms. The molecule has 5 heterocycles. The van der Waals surface area contributed by atoms with Gasteiger partial charge in [-0.2, -0.15) is 5.10 Å². The zero-order valence-electron chi connectivity index (χ0n) is 21.6. The third kappa shape index (κ3) is 5.67. The van der Waals surface area contributed by atoms with Gasteiger partial charge in [-0.3, -0.25) is 19.5 Å². The Kier molecular flexibility index (Phi) is 7.36. The highest BCUT2D eigenvalue weighted by molar-refractivity contribution is 7.21. The number of morpholine rings is 1. The van der Waals surface area contributed by atoms with Crippen LogP contribution in [0.15, 0.2) is 42.9 Å². The van der Waals surface area contributed by atoms with Gasteiger partial charge in [0.25, 0.3) is 5.91 Å². The van der Waals surface area contributed by atoms with E-state index < -0.39 is 0 Å². The number of rotatable bonds is 7. The van der Waals surface area contributed by atoms with E-state index in [0.29, 0.717) is 46.4 Å². The lowest BCUT2D eigenvalue weighted by Gasteiger charge is -2.34. The fourth-order valence-corrected chi connectivity index (χ4v) is 5.49. The molecule has 1 saturated heterocycles. The smallest absolute Gasteiger partial charge is 0.260 e. The van der Waals surface area contributed by atoms with Gasteiger partial charge >= 0.3 is 0 Å². The van der Waals surface area contributed by atoms with E-state index >= 15 is 0 Å². The zero-order valence-corrected chi connectivity index (χ0v) is 22.4. The molecule has 1 fully saturated rings. The van der Waals surface area contributed by atoms with Crippen LogP contribution in [0.4, 0.5) is 11.4 Å². The number of aromatic nitrogens is 4. The van der Waals surface area contributed by atoms with Crippen molar-refractivity contribution in [2.45, 2.75) is 33.0 Å². The maximum Gasteiger partial charge on any atom is 0.260 e. The van der Waals surface area contributed by atoms with Crippen molar-refractivity contribution < 1.29 is 19.1 Å². The van der Waals surface area contributed by atoms with Crippen molar-refractivity contribution in [1.29, 1.82) is 0 Å². The number of fused-ring (bicyclic) bond motifs is 1. The molecule has 0 bridgehead atoms. The lowest BCUT2D eigenvalue weighted by atomic mass is 10.2. The molecule has 2 N–H and O–H groups in total. The molecule has 0 spiro atoms. The van der Waals surface area contributed by atoms with Gasteiger partial charge in [0.2, 0.25) is 11.8 Å². The van der Waals surface area contributed by atoms with Crippen LogP contribution in [0, 0.1) is 6.92 Å². The van der Waals surface area contributed by atoms with Crippen LogP contribution in [0.25, 0.3) is 15.4 Å². The monoisotopic (exact) mass is 535 g/mol. The van der Waals surface area contributed by atoms with E-state index in [2.05, 4.69) is 30.6 Å². The van der Waals surface area contributed by atoms with E-state index in [-0.39, 0.29) is 30.6 Å². The maximum absolute atomic E-state index is 13.2. The predicted molar refractivity (Wildman–Crippen MR) is 145 cm³/mol. The summed E-state index contributed by atoms with van der Waals surface area (Å²) < 4.78 is 12.6. The van der Waals surface area contributed by atoms with Gasteiger partial charge in [-0.25, -0.2) is 9.50 Å². The van der Waals surface area contributed by atoms with Gasteiger partial charge in [-0.05, 0) is 32.9 Å². The molecule has 1 aliphatic heterocycles. The number of pyridine rings is 2. The summed E-state index contributed by atoms with van der Waals surface area (Å²) in [5.41, 5.74) is 2.80. The van der Waals surface area contributed by atoms with E-state index in [4.69, 9.17) is 9.47 Å². The van der Waals surface area contributed by atoms with Crippen molar-refractivity contribution in [3.05, 3.63) is 54.1 Å². The standard InChI is InChI=1S/C26H29N7O4S/c1-15-11-32(12-16(2)37-15)14-23(34)29-18-8-21(17(3)27-9-18)31-25(35)19-10-28-33-13-22(38-26(19)33)20-6-5-7-24(30-20)36-4/h5-10,13,15-16H,11-12,14H2,1-4H3,(H,29,34)(H,31,35). The number of hydrogen-bond donors (Lipinski definition) is 2. The Morgan fingerprint density at radius 1 is 1.18 bits per heavy atom. The van der Waals surface area contributed by atoms with Gasteiger partial charge in [0, 0.05) is 25.4 Å². The largest absolute Gasteiger partial charge is 0.481 e. The highest BCUT2D eigenvalue weighted by Crippen LogP contribution is 2.31. The number of anilines is 2. The summed E-state index contributed by atoms with van der Waals surface area (Å²) in [6, 6.07) is 7.23. The number of nitrogens with one attached hydrogen (secondary N) is 2. The molecule has 198 valence electrons. The molecule has 5 rings (SSSR count). The van der Waals surface area contributed by atoms with Crippen molar-refractivity contribution in [2.24, 2.45) is 0 Å². The van der Waals surface area contributed by atoms with Gasteiger partial charge in [0.05, 0.1) is 71.5 Å². The van der Waals surface area contributed by atoms with Crippen molar-refractivity contribution >= 4 is 39.4 Å². The molecular formula is C26H29N7O4S. The number of thiazole rings is 1. The van der Waals surface area contributed by atoms with Crippen molar-refractivity contribution in [1.82, 2.24) is 24.5 Å². The van der Waals surface area contributed by atoms with Crippen LogP contribution >= 0.6 is 11.3 Å². The average Bonchev–Trinajstić information content (AvgIpc) is 3.46. The van der Waals surface area contributed by atoms with E-state index in [1.165, 1.54) is 17.5 Å². The second-order valence-corrected chi connectivity index (χ2v) is 10.3. The SMILES string of the molecule is COc1cccc(-c2cn3ncc(C(=O)Nc4cc(NC(=O)CN5CC(C)OC(C)C5)cnc4C)c3s2)n1. The molecule has 0 radical (unpaired) electrons. The lowest BCUT2D eigenvalue weighted by molar-refractivity contribution is -0.121. The van der Waals surface area contributed by atoms with Gasteiger partial charge in [-0.1, -0.05) is 6.07 Å². The molecular weight excluding hydrogens is 506 g/mol. The summed E-state index contributed by atoms with van der Waals surface area (Å²) in [5, 5.41) is 10.1. The zero-order chi connectivity index (χ0) is 26.8. The third-order valence-corrected chi connectivity index (χ3v) is 7.24. The summed E-state index contributed by atoms with van der Waals surface area (Å²) in [6.07, 6.45) is 5.10. The van der Waals surface area contributed by atoms with Gasteiger partial charge in [-0.15, -0.1) is 11.3 Å². The van der Waals surface area contributed by atoms with Gasteiger partial charge in [0.1, 0.15) is 4.83 Å². The summed E-state index contributed by atoms with van der Waals surface area (Å²) in [7, 11) is 1.57. The van der Waals surface area contributed by atoms with E-state index in [9.17, 15) is 9.59 Å².